The SMILES string of the molecule is O=C(CN1C(=O)CNC1=O)N(CCN1CCOCC1)Cc1ccccc1F. The Morgan fingerprint density at radius 3 is 2.63 bits per heavy atom. The van der Waals surface area contributed by atoms with E-state index in [1.807, 2.05) is 0 Å². The summed E-state index contributed by atoms with van der Waals surface area (Å²) in [6.07, 6.45) is 0. The predicted molar refractivity (Wildman–Crippen MR) is 94.2 cm³/mol. The number of nitrogens with zero attached hydrogens (tertiary/aromatic N) is 3. The highest BCUT2D eigenvalue weighted by Gasteiger charge is 2.32. The largest absolute Gasteiger partial charge is 0.379 e. The minimum Gasteiger partial charge on any atom is -0.379 e. The molecule has 0 radical (unpaired) electrons. The molecular formula is C18H23FN4O4. The summed E-state index contributed by atoms with van der Waals surface area (Å²) in [6.45, 7) is 3.45. The maximum Gasteiger partial charge on any atom is 0.325 e. The minimum absolute atomic E-state index is 0.0828. The predicted octanol–water partition coefficient (Wildman–Crippen LogP) is 0.0383. The van der Waals surface area contributed by atoms with E-state index < -0.39 is 23.7 Å². The number of urea groups is 1. The Balaban J connectivity index is 1.67. The van der Waals surface area contributed by atoms with E-state index in [1.165, 1.54) is 11.0 Å². The van der Waals surface area contributed by atoms with Crippen LogP contribution in [-0.4, -0.2) is 85.0 Å². The number of carbonyl (C=O) groups is 3. The number of hydrogen-bond acceptors (Lipinski definition) is 5. The zero-order chi connectivity index (χ0) is 19.2. The van der Waals surface area contributed by atoms with Crippen LogP contribution < -0.4 is 5.32 Å². The second kappa shape index (κ2) is 8.92. The molecular weight excluding hydrogens is 355 g/mol. The monoisotopic (exact) mass is 378 g/mol. The van der Waals surface area contributed by atoms with E-state index >= 15 is 0 Å². The molecule has 1 aromatic carbocycles. The van der Waals surface area contributed by atoms with Gasteiger partial charge in [-0.25, -0.2) is 9.18 Å². The summed E-state index contributed by atoms with van der Waals surface area (Å²) in [7, 11) is 0. The smallest absolute Gasteiger partial charge is 0.325 e. The Hall–Kier alpha value is -2.52. The van der Waals surface area contributed by atoms with Crippen LogP contribution in [0.3, 0.4) is 0 Å². The molecule has 1 aromatic rings. The fourth-order valence-electron chi connectivity index (χ4n) is 3.06. The molecule has 0 bridgehead atoms. The van der Waals surface area contributed by atoms with E-state index in [9.17, 15) is 18.8 Å². The summed E-state index contributed by atoms with van der Waals surface area (Å²) in [6, 6.07) is 5.69. The lowest BCUT2D eigenvalue weighted by molar-refractivity contribution is -0.137. The van der Waals surface area contributed by atoms with Gasteiger partial charge in [-0.2, -0.15) is 0 Å². The lowest BCUT2D eigenvalue weighted by atomic mass is 10.2. The average Bonchev–Trinajstić information content (AvgIpc) is 2.99. The van der Waals surface area contributed by atoms with Gasteiger partial charge in [0.25, 0.3) is 5.91 Å². The number of carbonyl (C=O) groups excluding carboxylic acids is 3. The van der Waals surface area contributed by atoms with Crippen LogP contribution in [0.1, 0.15) is 5.56 Å². The first-order valence-corrected chi connectivity index (χ1v) is 8.94. The van der Waals surface area contributed by atoms with Crippen molar-refractivity contribution in [2.24, 2.45) is 0 Å². The Kier molecular flexibility index (Phi) is 6.36. The third-order valence-electron chi connectivity index (χ3n) is 4.69. The lowest BCUT2D eigenvalue weighted by Crippen LogP contribution is -2.46. The van der Waals surface area contributed by atoms with Gasteiger partial charge in [-0.3, -0.25) is 19.4 Å². The van der Waals surface area contributed by atoms with Gasteiger partial charge in [-0.1, -0.05) is 18.2 Å². The molecule has 2 saturated heterocycles. The molecule has 2 aliphatic rings. The molecule has 0 aromatic heterocycles. The van der Waals surface area contributed by atoms with Crippen LogP contribution in [0.5, 0.6) is 0 Å². The molecule has 27 heavy (non-hydrogen) atoms. The Bertz CT molecular complexity index is 692. The van der Waals surface area contributed by atoms with Gasteiger partial charge in [0.05, 0.1) is 19.8 Å². The van der Waals surface area contributed by atoms with E-state index in [0.29, 0.717) is 31.9 Å². The molecule has 2 heterocycles. The van der Waals surface area contributed by atoms with E-state index in [4.69, 9.17) is 4.74 Å². The van der Waals surface area contributed by atoms with Crippen molar-refractivity contribution in [3.05, 3.63) is 35.6 Å². The maximum atomic E-state index is 14.0. The highest BCUT2D eigenvalue weighted by atomic mass is 19.1. The van der Waals surface area contributed by atoms with Crippen LogP contribution in [0.2, 0.25) is 0 Å². The molecule has 8 nitrogen and oxygen atoms in total. The molecule has 0 atom stereocenters. The van der Waals surface area contributed by atoms with Gasteiger partial charge in [0.1, 0.15) is 12.4 Å². The summed E-state index contributed by atoms with van der Waals surface area (Å²) in [5.74, 6) is -1.22. The van der Waals surface area contributed by atoms with Gasteiger partial charge >= 0.3 is 6.03 Å². The van der Waals surface area contributed by atoms with Gasteiger partial charge in [-0.15, -0.1) is 0 Å². The first kappa shape index (κ1) is 19.2. The van der Waals surface area contributed by atoms with Gasteiger partial charge in [0.2, 0.25) is 5.91 Å². The first-order chi connectivity index (χ1) is 13.0. The number of morpholine rings is 1. The lowest BCUT2D eigenvalue weighted by Gasteiger charge is -2.30. The van der Waals surface area contributed by atoms with E-state index in [0.717, 1.165) is 18.0 Å². The second-order valence-electron chi connectivity index (χ2n) is 6.50. The van der Waals surface area contributed by atoms with E-state index in [1.54, 1.807) is 18.2 Å². The van der Waals surface area contributed by atoms with Crippen molar-refractivity contribution in [2.75, 3.05) is 52.5 Å². The summed E-state index contributed by atoms with van der Waals surface area (Å²) < 4.78 is 19.4. The number of imide groups is 1. The molecule has 0 spiro atoms. The van der Waals surface area contributed by atoms with Crippen molar-refractivity contribution in [2.45, 2.75) is 6.54 Å². The molecule has 2 aliphatic heterocycles. The van der Waals surface area contributed by atoms with Crippen molar-refractivity contribution in [1.29, 1.82) is 0 Å². The molecule has 1 N–H and O–H groups in total. The average molecular weight is 378 g/mol. The third-order valence-corrected chi connectivity index (χ3v) is 4.69. The standard InChI is InChI=1S/C18H23FN4O4/c19-15-4-2-1-3-14(15)12-22(6-5-21-7-9-27-10-8-21)17(25)13-23-16(24)11-20-18(23)26/h1-4H,5-13H2,(H,20,26). The van der Waals surface area contributed by atoms with Gasteiger partial charge in [0, 0.05) is 38.3 Å². The van der Waals surface area contributed by atoms with Crippen molar-refractivity contribution in [3.63, 3.8) is 0 Å². The van der Waals surface area contributed by atoms with E-state index in [-0.39, 0.29) is 19.6 Å². The number of hydrogen-bond donors (Lipinski definition) is 1. The topological polar surface area (TPSA) is 82.2 Å². The molecule has 0 saturated carbocycles. The fraction of sp³-hybridized carbons (Fsp3) is 0.500. The molecule has 146 valence electrons. The zero-order valence-corrected chi connectivity index (χ0v) is 15.0. The number of amides is 4. The van der Waals surface area contributed by atoms with Crippen LogP contribution in [0.25, 0.3) is 0 Å². The second-order valence-corrected chi connectivity index (χ2v) is 6.50. The van der Waals surface area contributed by atoms with Crippen LogP contribution in [0.4, 0.5) is 9.18 Å². The summed E-state index contributed by atoms with van der Waals surface area (Å²) >= 11 is 0. The number of nitrogens with one attached hydrogen (secondary N) is 1. The fourth-order valence-corrected chi connectivity index (χ4v) is 3.06. The molecule has 4 amide bonds. The molecule has 3 rings (SSSR count). The highest BCUT2D eigenvalue weighted by molar-refractivity contribution is 6.04. The normalized spacial score (nSPS) is 17.9. The number of halogens is 1. The maximum absolute atomic E-state index is 14.0. The molecule has 9 heteroatoms. The van der Waals surface area contributed by atoms with Crippen LogP contribution in [-0.2, 0) is 20.9 Å². The summed E-state index contributed by atoms with van der Waals surface area (Å²) in [4.78, 5) is 40.8. The Morgan fingerprint density at radius 1 is 1.22 bits per heavy atom. The number of ether oxygens (including phenoxy) is 1. The van der Waals surface area contributed by atoms with Gasteiger partial charge in [0.15, 0.2) is 0 Å². The van der Waals surface area contributed by atoms with Crippen LogP contribution in [0, 0.1) is 5.82 Å². The molecule has 2 fully saturated rings. The number of rotatable bonds is 7. The zero-order valence-electron chi connectivity index (χ0n) is 15.0. The molecule has 0 unspecified atom stereocenters. The Labute approximate surface area is 156 Å². The van der Waals surface area contributed by atoms with Crippen LogP contribution >= 0.6 is 0 Å². The summed E-state index contributed by atoms with van der Waals surface area (Å²) in [5.41, 5.74) is 0.394. The van der Waals surface area contributed by atoms with Crippen molar-refractivity contribution >= 4 is 17.8 Å². The van der Waals surface area contributed by atoms with Crippen molar-refractivity contribution in [1.82, 2.24) is 20.0 Å². The first-order valence-electron chi connectivity index (χ1n) is 8.94. The quantitative estimate of drug-likeness (QED) is 0.678. The summed E-state index contributed by atoms with van der Waals surface area (Å²) in [5, 5.41) is 2.39. The van der Waals surface area contributed by atoms with Crippen molar-refractivity contribution < 1.29 is 23.5 Å². The van der Waals surface area contributed by atoms with Crippen molar-refractivity contribution in [3.8, 4) is 0 Å². The Morgan fingerprint density at radius 2 is 1.96 bits per heavy atom. The highest BCUT2D eigenvalue weighted by Crippen LogP contribution is 2.12. The van der Waals surface area contributed by atoms with Crippen LogP contribution in [0.15, 0.2) is 24.3 Å². The van der Waals surface area contributed by atoms with Gasteiger partial charge in [-0.05, 0) is 6.07 Å². The number of benzene rings is 1. The molecule has 0 aliphatic carbocycles. The minimum atomic E-state index is -0.577. The third kappa shape index (κ3) is 5.01. The van der Waals surface area contributed by atoms with Gasteiger partial charge < -0.3 is 15.0 Å². The van der Waals surface area contributed by atoms with E-state index in [2.05, 4.69) is 10.2 Å².